The van der Waals surface area contributed by atoms with Gasteiger partial charge in [0.2, 0.25) is 0 Å². The Hall–Kier alpha value is -4.16. The molecule has 2 fully saturated rings. The molecule has 2 N–H and O–H groups in total. The molecule has 1 saturated heterocycles. The van der Waals surface area contributed by atoms with Gasteiger partial charge in [0, 0.05) is 63.2 Å². The minimum absolute atomic E-state index is 0.0428. The van der Waals surface area contributed by atoms with Crippen molar-refractivity contribution in [3.05, 3.63) is 82.7 Å². The number of ether oxygens (including phenoxy) is 2. The number of likely N-dealkylation sites (N-methyl/N-ethyl adjacent to an activating group) is 1. The molecule has 0 radical (unpaired) electrons. The first kappa shape index (κ1) is 28.9. The highest BCUT2D eigenvalue weighted by atomic mass is 19.4. The van der Waals surface area contributed by atoms with Crippen LogP contribution in [-0.2, 0) is 12.7 Å². The number of pyridine rings is 1. The molecule has 2 amide bonds. The van der Waals surface area contributed by atoms with E-state index in [4.69, 9.17) is 9.47 Å². The molecule has 0 spiro atoms. The van der Waals surface area contributed by atoms with Crippen molar-refractivity contribution < 1.29 is 32.2 Å². The summed E-state index contributed by atoms with van der Waals surface area (Å²) in [5.74, 6) is 0.535. The van der Waals surface area contributed by atoms with Gasteiger partial charge in [0.15, 0.2) is 0 Å². The molecule has 2 aliphatic heterocycles. The second-order valence-electron chi connectivity index (χ2n) is 10.9. The van der Waals surface area contributed by atoms with Crippen molar-refractivity contribution >= 4 is 11.8 Å². The number of halogens is 3. The summed E-state index contributed by atoms with van der Waals surface area (Å²) in [5.41, 5.74) is 0.388. The van der Waals surface area contributed by atoms with E-state index in [0.29, 0.717) is 30.3 Å². The van der Waals surface area contributed by atoms with Crippen LogP contribution < -0.4 is 20.1 Å². The molecule has 226 valence electrons. The molecule has 2 aromatic carbocycles. The van der Waals surface area contributed by atoms with E-state index in [1.165, 1.54) is 31.4 Å². The van der Waals surface area contributed by atoms with Gasteiger partial charge in [-0.2, -0.15) is 13.2 Å². The fourth-order valence-corrected chi connectivity index (χ4v) is 5.80. The molecular formula is C31H32F3N5O4. The molecule has 43 heavy (non-hydrogen) atoms. The van der Waals surface area contributed by atoms with Crippen molar-refractivity contribution in [2.45, 2.75) is 37.7 Å². The second kappa shape index (κ2) is 11.5. The highest BCUT2D eigenvalue weighted by molar-refractivity contribution is 5.95. The van der Waals surface area contributed by atoms with Gasteiger partial charge in [-0.25, -0.2) is 0 Å². The lowest BCUT2D eigenvalue weighted by atomic mass is 10.0. The summed E-state index contributed by atoms with van der Waals surface area (Å²) < 4.78 is 54.1. The Morgan fingerprint density at radius 2 is 1.74 bits per heavy atom. The molecule has 9 nitrogen and oxygen atoms in total. The number of hydrogen-bond donors (Lipinski definition) is 2. The highest BCUT2D eigenvalue weighted by Crippen LogP contribution is 2.54. The van der Waals surface area contributed by atoms with Gasteiger partial charge in [0.25, 0.3) is 11.8 Å². The van der Waals surface area contributed by atoms with E-state index in [2.05, 4.69) is 27.4 Å². The van der Waals surface area contributed by atoms with Crippen LogP contribution in [0.2, 0.25) is 0 Å². The second-order valence-corrected chi connectivity index (χ2v) is 10.9. The third-order valence-electron chi connectivity index (χ3n) is 8.27. The van der Waals surface area contributed by atoms with E-state index >= 15 is 0 Å². The van der Waals surface area contributed by atoms with E-state index in [0.717, 1.165) is 31.3 Å². The Balaban J connectivity index is 1.12. The number of carbonyl (C=O) groups is 2. The van der Waals surface area contributed by atoms with Gasteiger partial charge in [0.05, 0.1) is 17.5 Å². The average Bonchev–Trinajstić information content (AvgIpc) is 3.52. The van der Waals surface area contributed by atoms with Gasteiger partial charge in [-0.1, -0.05) is 13.0 Å². The summed E-state index contributed by atoms with van der Waals surface area (Å²) >= 11 is 0. The average molecular weight is 596 g/mol. The Morgan fingerprint density at radius 3 is 2.47 bits per heavy atom. The summed E-state index contributed by atoms with van der Waals surface area (Å²) in [6.07, 6.45) is -3.41. The lowest BCUT2D eigenvalue weighted by Crippen LogP contribution is -2.45. The van der Waals surface area contributed by atoms with Gasteiger partial charge in [-0.3, -0.25) is 19.5 Å². The van der Waals surface area contributed by atoms with E-state index in [9.17, 15) is 22.8 Å². The topological polar surface area (TPSA) is 96.0 Å². The first-order valence-corrected chi connectivity index (χ1v) is 14.3. The molecule has 1 aliphatic carbocycles. The number of aromatic nitrogens is 1. The summed E-state index contributed by atoms with van der Waals surface area (Å²) in [6, 6.07) is 11.9. The number of alkyl halides is 3. The molecule has 3 aliphatic rings. The molecule has 3 aromatic rings. The zero-order valence-electron chi connectivity index (χ0n) is 23.8. The predicted molar refractivity (Wildman–Crippen MR) is 151 cm³/mol. The van der Waals surface area contributed by atoms with Crippen LogP contribution >= 0.6 is 0 Å². The summed E-state index contributed by atoms with van der Waals surface area (Å²) in [4.78, 5) is 33.3. The molecule has 12 heteroatoms. The maximum absolute atomic E-state index is 14.1. The van der Waals surface area contributed by atoms with Crippen LogP contribution in [-0.4, -0.2) is 78.5 Å². The van der Waals surface area contributed by atoms with Gasteiger partial charge >= 0.3 is 6.18 Å². The van der Waals surface area contributed by atoms with Crippen LogP contribution in [0.25, 0.3) is 0 Å². The first-order valence-electron chi connectivity index (χ1n) is 14.3. The van der Waals surface area contributed by atoms with Crippen LogP contribution in [0.4, 0.5) is 13.2 Å². The van der Waals surface area contributed by atoms with Crippen LogP contribution in [0.15, 0.2) is 54.7 Å². The summed E-state index contributed by atoms with van der Waals surface area (Å²) in [7, 11) is 1.51. The molecule has 0 unspecified atom stereocenters. The number of benzene rings is 2. The highest BCUT2D eigenvalue weighted by Gasteiger charge is 2.59. The van der Waals surface area contributed by atoms with E-state index in [1.54, 1.807) is 18.2 Å². The SMILES string of the molecule is CCN1CCN(Cc2ccc(C(=O)N[C@H]3[C@H]4Oc5ccc(Oc6ccnc(C(=O)NC)c6)cc5[C@@H]34)cc2C(F)(F)F)CC1. The van der Waals surface area contributed by atoms with Crippen LogP contribution in [0.1, 0.15) is 50.4 Å². The predicted octanol–water partition coefficient (Wildman–Crippen LogP) is 4.05. The Morgan fingerprint density at radius 1 is 1.00 bits per heavy atom. The number of rotatable bonds is 8. The Labute approximate surface area is 247 Å². The molecule has 3 atom stereocenters. The third kappa shape index (κ3) is 6.02. The summed E-state index contributed by atoms with van der Waals surface area (Å²) in [5, 5.41) is 5.37. The van der Waals surface area contributed by atoms with Gasteiger partial charge in [-0.15, -0.1) is 0 Å². The summed E-state index contributed by atoms with van der Waals surface area (Å²) in [6.45, 7) is 6.22. The maximum Gasteiger partial charge on any atom is 0.416 e. The molecule has 1 saturated carbocycles. The monoisotopic (exact) mass is 595 g/mol. The Kier molecular flexibility index (Phi) is 7.74. The zero-order chi connectivity index (χ0) is 30.3. The fourth-order valence-electron chi connectivity index (χ4n) is 5.80. The standard InChI is InChI=1S/C31H32F3N5O4/c1-3-38-10-12-39(13-11-38)17-19-5-4-18(14-23(19)31(32,33)34)29(40)37-27-26-22-15-20(6-7-25(22)43-28(26)27)42-21-8-9-36-24(16-21)30(41)35-2/h4-9,14-16,26-28H,3,10-13,17H2,1-2H3,(H,35,41)(H,37,40)/t26-,27+,28-/m0/s1. The lowest BCUT2D eigenvalue weighted by molar-refractivity contribution is -0.138. The largest absolute Gasteiger partial charge is 0.487 e. The fraction of sp³-hybridized carbons (Fsp3) is 0.387. The van der Waals surface area contributed by atoms with Crippen molar-refractivity contribution in [1.82, 2.24) is 25.4 Å². The number of amides is 2. The number of nitrogens with zero attached hydrogens (tertiary/aromatic N) is 3. The van der Waals surface area contributed by atoms with Crippen LogP contribution in [0.3, 0.4) is 0 Å². The van der Waals surface area contributed by atoms with Crippen molar-refractivity contribution in [3.8, 4) is 17.2 Å². The lowest BCUT2D eigenvalue weighted by Gasteiger charge is -2.34. The van der Waals surface area contributed by atoms with Crippen molar-refractivity contribution in [2.75, 3.05) is 39.8 Å². The minimum Gasteiger partial charge on any atom is -0.487 e. The quantitative estimate of drug-likeness (QED) is 0.406. The van der Waals surface area contributed by atoms with Crippen molar-refractivity contribution in [2.24, 2.45) is 0 Å². The van der Waals surface area contributed by atoms with Crippen LogP contribution in [0, 0.1) is 0 Å². The maximum atomic E-state index is 14.1. The minimum atomic E-state index is -4.58. The molecule has 0 bridgehead atoms. The van der Waals surface area contributed by atoms with Gasteiger partial charge in [-0.05, 0) is 48.5 Å². The number of hydrogen-bond acceptors (Lipinski definition) is 7. The number of fused-ring (bicyclic) bond motifs is 3. The molecular weight excluding hydrogens is 563 g/mol. The van der Waals surface area contributed by atoms with Gasteiger partial charge < -0.3 is 25.0 Å². The third-order valence-corrected chi connectivity index (χ3v) is 8.27. The van der Waals surface area contributed by atoms with Crippen LogP contribution in [0.5, 0.6) is 17.2 Å². The van der Waals surface area contributed by atoms with E-state index in [1.807, 2.05) is 11.0 Å². The van der Waals surface area contributed by atoms with E-state index < -0.39 is 17.6 Å². The molecule has 3 heterocycles. The number of nitrogens with one attached hydrogen (secondary N) is 2. The smallest absolute Gasteiger partial charge is 0.416 e. The normalized spacial score (nSPS) is 21.4. The molecule has 1 aromatic heterocycles. The zero-order valence-corrected chi connectivity index (χ0v) is 23.8. The first-order chi connectivity index (χ1) is 20.6. The van der Waals surface area contributed by atoms with Crippen molar-refractivity contribution in [1.29, 1.82) is 0 Å². The van der Waals surface area contributed by atoms with E-state index in [-0.39, 0.29) is 47.3 Å². The Bertz CT molecular complexity index is 1540. The number of piperazine rings is 1. The molecule has 6 rings (SSSR count). The number of carbonyl (C=O) groups excluding carboxylic acids is 2. The van der Waals surface area contributed by atoms with Crippen molar-refractivity contribution in [3.63, 3.8) is 0 Å². The van der Waals surface area contributed by atoms with Gasteiger partial charge in [0.1, 0.15) is 29.0 Å².